The van der Waals surface area contributed by atoms with E-state index in [2.05, 4.69) is 57.0 Å². The van der Waals surface area contributed by atoms with Crippen LogP contribution in [0.15, 0.2) is 29.3 Å². The molecule has 0 heterocycles. The zero-order valence-electron chi connectivity index (χ0n) is 9.54. The second-order valence-electron chi connectivity index (χ2n) is 4.33. The number of benzene rings is 1. The van der Waals surface area contributed by atoms with Crippen LogP contribution >= 0.6 is 0 Å². The van der Waals surface area contributed by atoms with Gasteiger partial charge in [-0.3, -0.25) is 4.99 Å². The van der Waals surface area contributed by atoms with Crippen molar-refractivity contribution >= 4 is 6.21 Å². The average Bonchev–Trinajstić information content (AvgIpc) is 2.17. The van der Waals surface area contributed by atoms with Crippen LogP contribution in [0.4, 0.5) is 0 Å². The van der Waals surface area contributed by atoms with Crippen molar-refractivity contribution in [2.45, 2.75) is 39.7 Å². The molecule has 0 unspecified atom stereocenters. The Morgan fingerprint density at radius 2 is 1.79 bits per heavy atom. The Labute approximate surface area is 86.9 Å². The van der Waals surface area contributed by atoms with Crippen molar-refractivity contribution < 1.29 is 0 Å². The van der Waals surface area contributed by atoms with E-state index < -0.39 is 0 Å². The molecule has 0 aliphatic heterocycles. The summed E-state index contributed by atoms with van der Waals surface area (Å²) >= 11 is 0. The number of hydrogen-bond acceptors (Lipinski definition) is 1. The van der Waals surface area contributed by atoms with Crippen LogP contribution in [-0.2, 0) is 0 Å². The minimum Gasteiger partial charge on any atom is -0.287 e. The van der Waals surface area contributed by atoms with Crippen molar-refractivity contribution in [3.8, 4) is 0 Å². The van der Waals surface area contributed by atoms with Crippen LogP contribution in [0.3, 0.4) is 0 Å². The highest BCUT2D eigenvalue weighted by Gasteiger charge is 2.10. The summed E-state index contributed by atoms with van der Waals surface area (Å²) in [4.78, 5) is 4.55. The highest BCUT2D eigenvalue weighted by atomic mass is 14.8. The Morgan fingerprint density at radius 3 is 2.29 bits per heavy atom. The van der Waals surface area contributed by atoms with Crippen molar-refractivity contribution in [1.29, 1.82) is 0 Å². The number of rotatable bonds is 3. The third kappa shape index (κ3) is 3.33. The molecule has 0 atom stereocenters. The van der Waals surface area contributed by atoms with Gasteiger partial charge in [0.1, 0.15) is 0 Å². The molecular weight excluding hydrogens is 170 g/mol. The van der Waals surface area contributed by atoms with E-state index in [1.165, 1.54) is 11.1 Å². The molecule has 1 nitrogen and oxygen atoms in total. The lowest BCUT2D eigenvalue weighted by atomic mass is 10.0. The van der Waals surface area contributed by atoms with Gasteiger partial charge in [-0.25, -0.2) is 0 Å². The van der Waals surface area contributed by atoms with Crippen molar-refractivity contribution in [2.75, 3.05) is 0 Å². The Hall–Kier alpha value is -1.11. The molecule has 0 aliphatic rings. The Kier molecular flexibility index (Phi) is 3.45. The first kappa shape index (κ1) is 11.0. The number of aliphatic imine (C=N–C) groups is 1. The maximum Gasteiger partial charge on any atom is 0.0549 e. The zero-order chi connectivity index (χ0) is 10.6. The molecule has 1 aromatic rings. The molecule has 0 radical (unpaired) electrons. The van der Waals surface area contributed by atoms with E-state index in [-0.39, 0.29) is 5.54 Å². The standard InChI is InChI=1S/C13H19N/c1-5-13(3,4)14-10-12-8-6-11(2)7-9-12/h6-10H,5H2,1-4H3. The molecule has 14 heavy (non-hydrogen) atoms. The molecule has 0 fully saturated rings. The van der Waals surface area contributed by atoms with Crippen LogP contribution < -0.4 is 0 Å². The average molecular weight is 189 g/mol. The van der Waals surface area contributed by atoms with E-state index in [1.54, 1.807) is 0 Å². The monoisotopic (exact) mass is 189 g/mol. The Bertz CT molecular complexity index is 307. The van der Waals surface area contributed by atoms with Gasteiger partial charge in [0.2, 0.25) is 0 Å². The molecule has 0 N–H and O–H groups in total. The summed E-state index contributed by atoms with van der Waals surface area (Å²) in [6.45, 7) is 8.55. The molecule has 0 saturated carbocycles. The first-order valence-electron chi connectivity index (χ1n) is 5.15. The maximum absolute atomic E-state index is 4.55. The van der Waals surface area contributed by atoms with Gasteiger partial charge in [0.15, 0.2) is 0 Å². The van der Waals surface area contributed by atoms with Gasteiger partial charge >= 0.3 is 0 Å². The van der Waals surface area contributed by atoms with E-state index in [9.17, 15) is 0 Å². The smallest absolute Gasteiger partial charge is 0.0549 e. The van der Waals surface area contributed by atoms with Crippen LogP contribution in [0.1, 0.15) is 38.3 Å². The molecule has 0 spiro atoms. The van der Waals surface area contributed by atoms with Crippen LogP contribution in [0, 0.1) is 6.92 Å². The number of nitrogens with zero attached hydrogens (tertiary/aromatic N) is 1. The first-order chi connectivity index (χ1) is 6.53. The molecule has 1 heteroatoms. The second-order valence-corrected chi connectivity index (χ2v) is 4.33. The molecule has 0 amide bonds. The maximum atomic E-state index is 4.55. The van der Waals surface area contributed by atoms with Gasteiger partial charge in [-0.2, -0.15) is 0 Å². The van der Waals surface area contributed by atoms with Crippen molar-refractivity contribution in [3.63, 3.8) is 0 Å². The van der Waals surface area contributed by atoms with E-state index in [0.717, 1.165) is 6.42 Å². The lowest BCUT2D eigenvalue weighted by Gasteiger charge is -2.15. The number of hydrogen-bond donors (Lipinski definition) is 0. The summed E-state index contributed by atoms with van der Waals surface area (Å²) in [6, 6.07) is 8.43. The fourth-order valence-corrected chi connectivity index (χ4v) is 0.993. The van der Waals surface area contributed by atoms with Crippen molar-refractivity contribution in [1.82, 2.24) is 0 Å². The molecular formula is C13H19N. The quantitative estimate of drug-likeness (QED) is 0.644. The van der Waals surface area contributed by atoms with E-state index >= 15 is 0 Å². The summed E-state index contributed by atoms with van der Waals surface area (Å²) in [5.41, 5.74) is 2.53. The van der Waals surface area contributed by atoms with E-state index in [0.29, 0.717) is 0 Å². The summed E-state index contributed by atoms with van der Waals surface area (Å²) in [7, 11) is 0. The van der Waals surface area contributed by atoms with E-state index in [1.807, 2.05) is 6.21 Å². The van der Waals surface area contributed by atoms with Crippen molar-refractivity contribution in [3.05, 3.63) is 35.4 Å². The van der Waals surface area contributed by atoms with Crippen LogP contribution in [0.2, 0.25) is 0 Å². The molecule has 0 aromatic heterocycles. The first-order valence-corrected chi connectivity index (χ1v) is 5.15. The summed E-state index contributed by atoms with van der Waals surface area (Å²) in [5.74, 6) is 0. The highest BCUT2D eigenvalue weighted by molar-refractivity contribution is 5.79. The molecule has 0 aliphatic carbocycles. The molecule has 1 rings (SSSR count). The molecule has 1 aromatic carbocycles. The number of aryl methyl sites for hydroxylation is 1. The summed E-state index contributed by atoms with van der Waals surface area (Å²) in [6.07, 6.45) is 3.03. The minimum absolute atomic E-state index is 0.0604. The highest BCUT2D eigenvalue weighted by Crippen LogP contribution is 2.13. The van der Waals surface area contributed by atoms with E-state index in [4.69, 9.17) is 0 Å². The van der Waals surface area contributed by atoms with Crippen LogP contribution in [-0.4, -0.2) is 11.8 Å². The topological polar surface area (TPSA) is 12.4 Å². The zero-order valence-corrected chi connectivity index (χ0v) is 9.54. The molecule has 76 valence electrons. The van der Waals surface area contributed by atoms with Gasteiger partial charge < -0.3 is 0 Å². The summed E-state index contributed by atoms with van der Waals surface area (Å²) < 4.78 is 0. The summed E-state index contributed by atoms with van der Waals surface area (Å²) in [5, 5.41) is 0. The largest absolute Gasteiger partial charge is 0.287 e. The SMILES string of the molecule is CCC(C)(C)N=Cc1ccc(C)cc1. The normalized spacial score (nSPS) is 12.3. The van der Waals surface area contributed by atoms with Crippen LogP contribution in [0.25, 0.3) is 0 Å². The van der Waals surface area contributed by atoms with Gasteiger partial charge in [0.25, 0.3) is 0 Å². The van der Waals surface area contributed by atoms with Gasteiger partial charge in [0.05, 0.1) is 5.54 Å². The Balaban J connectivity index is 2.74. The predicted octanol–water partition coefficient (Wildman–Crippen LogP) is 3.60. The third-order valence-corrected chi connectivity index (χ3v) is 2.51. The fraction of sp³-hybridized carbons (Fsp3) is 0.462. The van der Waals surface area contributed by atoms with Crippen LogP contribution in [0.5, 0.6) is 0 Å². The van der Waals surface area contributed by atoms with Gasteiger partial charge in [-0.1, -0.05) is 36.8 Å². The van der Waals surface area contributed by atoms with Gasteiger partial charge in [-0.05, 0) is 32.8 Å². The fourth-order valence-electron chi connectivity index (χ4n) is 0.993. The lowest BCUT2D eigenvalue weighted by Crippen LogP contribution is -2.14. The van der Waals surface area contributed by atoms with Crippen molar-refractivity contribution in [2.24, 2.45) is 4.99 Å². The Morgan fingerprint density at radius 1 is 1.21 bits per heavy atom. The third-order valence-electron chi connectivity index (χ3n) is 2.51. The molecule has 0 saturated heterocycles. The molecule has 0 bridgehead atoms. The van der Waals surface area contributed by atoms with Gasteiger partial charge in [-0.15, -0.1) is 0 Å². The minimum atomic E-state index is 0.0604. The second kappa shape index (κ2) is 4.41. The lowest BCUT2D eigenvalue weighted by molar-refractivity contribution is 0.507. The predicted molar refractivity (Wildman–Crippen MR) is 63.1 cm³/mol. The van der Waals surface area contributed by atoms with Gasteiger partial charge in [0, 0.05) is 6.21 Å².